The van der Waals surface area contributed by atoms with Crippen molar-refractivity contribution in [2.75, 3.05) is 7.05 Å². The summed E-state index contributed by atoms with van der Waals surface area (Å²) in [6, 6.07) is 3.59. The van der Waals surface area contributed by atoms with Crippen LogP contribution in [0.5, 0.6) is 0 Å². The number of aromatic amines is 1. The molecule has 0 aliphatic heterocycles. The molecular formula is C12H12Cl2N2OS. The Kier molecular flexibility index (Phi) is 4.00. The van der Waals surface area contributed by atoms with Crippen LogP contribution < -0.4 is 0 Å². The van der Waals surface area contributed by atoms with Crippen LogP contribution in [0.3, 0.4) is 0 Å². The van der Waals surface area contributed by atoms with Crippen molar-refractivity contribution in [1.29, 1.82) is 0 Å². The van der Waals surface area contributed by atoms with Crippen molar-refractivity contribution < 1.29 is 4.79 Å². The molecule has 3 nitrogen and oxygen atoms in total. The van der Waals surface area contributed by atoms with E-state index in [0.717, 1.165) is 0 Å². The number of nitrogens with one attached hydrogen (secondary N) is 1. The van der Waals surface area contributed by atoms with E-state index in [1.807, 2.05) is 18.4 Å². The first-order chi connectivity index (χ1) is 8.49. The van der Waals surface area contributed by atoms with Crippen LogP contribution in [0.4, 0.5) is 0 Å². The summed E-state index contributed by atoms with van der Waals surface area (Å²) in [5.74, 6) is -0.128. The Bertz CT molecular complexity index is 557. The molecular weight excluding hydrogens is 291 g/mol. The van der Waals surface area contributed by atoms with Crippen LogP contribution in [-0.4, -0.2) is 22.8 Å². The summed E-state index contributed by atoms with van der Waals surface area (Å²) in [6.45, 7) is 2.61. The highest BCUT2D eigenvalue weighted by molar-refractivity contribution is 7.10. The molecule has 0 saturated carbocycles. The second kappa shape index (κ2) is 5.34. The van der Waals surface area contributed by atoms with Crippen molar-refractivity contribution >= 4 is 40.4 Å². The molecule has 2 aromatic heterocycles. The number of carbonyl (C=O) groups excluding carboxylic acids is 1. The molecule has 0 unspecified atom stereocenters. The van der Waals surface area contributed by atoms with E-state index in [0.29, 0.717) is 22.4 Å². The number of aromatic nitrogens is 1. The maximum absolute atomic E-state index is 12.1. The van der Waals surface area contributed by atoms with Gasteiger partial charge in [0.2, 0.25) is 0 Å². The lowest BCUT2D eigenvalue weighted by Crippen LogP contribution is -2.26. The van der Waals surface area contributed by atoms with Gasteiger partial charge in [0.25, 0.3) is 5.91 Å². The molecule has 18 heavy (non-hydrogen) atoms. The van der Waals surface area contributed by atoms with Crippen molar-refractivity contribution in [2.24, 2.45) is 0 Å². The minimum Gasteiger partial charge on any atom is -0.340 e. The van der Waals surface area contributed by atoms with Crippen LogP contribution in [0.1, 0.15) is 20.9 Å². The number of carbonyl (C=O) groups is 1. The standard InChI is InChI=1S/C12H12Cl2N2OS/c1-7-3-4-18-10(7)6-16(2)12(17)9-5-8(13)11(14)15-9/h3-5,15H,6H2,1-2H3. The number of hydrogen-bond acceptors (Lipinski definition) is 2. The number of nitrogens with zero attached hydrogens (tertiary/aromatic N) is 1. The van der Waals surface area contributed by atoms with Gasteiger partial charge in [-0.05, 0) is 30.0 Å². The molecule has 0 bridgehead atoms. The Morgan fingerprint density at radius 3 is 2.72 bits per heavy atom. The van der Waals surface area contributed by atoms with E-state index < -0.39 is 0 Å². The fourth-order valence-corrected chi connectivity index (χ4v) is 2.85. The molecule has 0 aliphatic carbocycles. The van der Waals surface area contributed by atoms with Gasteiger partial charge >= 0.3 is 0 Å². The first kappa shape index (κ1) is 13.5. The van der Waals surface area contributed by atoms with E-state index >= 15 is 0 Å². The molecule has 0 aromatic carbocycles. The second-order valence-corrected chi connectivity index (χ2v) is 5.82. The largest absolute Gasteiger partial charge is 0.340 e. The summed E-state index contributed by atoms with van der Waals surface area (Å²) in [7, 11) is 1.75. The van der Waals surface area contributed by atoms with Crippen LogP contribution in [0, 0.1) is 6.92 Å². The highest BCUT2D eigenvalue weighted by Crippen LogP contribution is 2.23. The molecule has 1 amide bonds. The molecule has 0 aliphatic rings. The highest BCUT2D eigenvalue weighted by atomic mass is 35.5. The number of hydrogen-bond donors (Lipinski definition) is 1. The first-order valence-corrected chi connectivity index (χ1v) is 6.95. The minimum atomic E-state index is -0.128. The van der Waals surface area contributed by atoms with Crippen LogP contribution in [-0.2, 0) is 6.54 Å². The zero-order valence-electron chi connectivity index (χ0n) is 9.96. The average molecular weight is 303 g/mol. The highest BCUT2D eigenvalue weighted by Gasteiger charge is 2.17. The SMILES string of the molecule is Cc1ccsc1CN(C)C(=O)c1cc(Cl)c(Cl)[nH]1. The summed E-state index contributed by atoms with van der Waals surface area (Å²) in [5.41, 5.74) is 1.60. The second-order valence-electron chi connectivity index (χ2n) is 4.03. The molecule has 6 heteroatoms. The van der Waals surface area contributed by atoms with Crippen LogP contribution in [0.2, 0.25) is 10.2 Å². The molecule has 0 atom stereocenters. The van der Waals surface area contributed by atoms with Crippen molar-refractivity contribution in [3.05, 3.63) is 43.8 Å². The van der Waals surface area contributed by atoms with Crippen molar-refractivity contribution in [3.8, 4) is 0 Å². The predicted octanol–water partition coefficient (Wildman–Crippen LogP) is 3.96. The fraction of sp³-hybridized carbons (Fsp3) is 0.250. The third kappa shape index (κ3) is 2.71. The van der Waals surface area contributed by atoms with E-state index in [9.17, 15) is 4.79 Å². The van der Waals surface area contributed by atoms with E-state index in [-0.39, 0.29) is 5.91 Å². The summed E-state index contributed by atoms with van der Waals surface area (Å²) in [6.07, 6.45) is 0. The Labute approximate surface area is 119 Å². The molecule has 96 valence electrons. The normalized spacial score (nSPS) is 10.7. The lowest BCUT2D eigenvalue weighted by molar-refractivity contribution is 0.0781. The Balaban J connectivity index is 2.12. The number of H-pyrrole nitrogens is 1. The van der Waals surface area contributed by atoms with Gasteiger partial charge in [-0.3, -0.25) is 4.79 Å². The minimum absolute atomic E-state index is 0.128. The molecule has 2 rings (SSSR count). The van der Waals surface area contributed by atoms with Crippen LogP contribution in [0.25, 0.3) is 0 Å². The molecule has 0 fully saturated rings. The summed E-state index contributed by atoms with van der Waals surface area (Å²) >= 11 is 13.2. The number of thiophene rings is 1. The Morgan fingerprint density at radius 2 is 2.22 bits per heavy atom. The maximum atomic E-state index is 12.1. The summed E-state index contributed by atoms with van der Waals surface area (Å²) < 4.78 is 0. The van der Waals surface area contributed by atoms with Gasteiger partial charge < -0.3 is 9.88 Å². The van der Waals surface area contributed by atoms with Gasteiger partial charge in [-0.1, -0.05) is 23.2 Å². The van der Waals surface area contributed by atoms with Gasteiger partial charge in [-0.15, -0.1) is 11.3 Å². The third-order valence-electron chi connectivity index (χ3n) is 2.65. The number of halogens is 2. The molecule has 2 aromatic rings. The summed E-state index contributed by atoms with van der Waals surface area (Å²) in [5, 5.41) is 2.67. The van der Waals surface area contributed by atoms with Crippen molar-refractivity contribution in [1.82, 2.24) is 9.88 Å². The smallest absolute Gasteiger partial charge is 0.270 e. The Morgan fingerprint density at radius 1 is 1.50 bits per heavy atom. The number of amides is 1. The van der Waals surface area contributed by atoms with Crippen LogP contribution in [0.15, 0.2) is 17.5 Å². The van der Waals surface area contributed by atoms with E-state index in [2.05, 4.69) is 4.98 Å². The lowest BCUT2D eigenvalue weighted by Gasteiger charge is -2.15. The van der Waals surface area contributed by atoms with Gasteiger partial charge in [0.05, 0.1) is 11.6 Å². The topological polar surface area (TPSA) is 36.1 Å². The lowest BCUT2D eigenvalue weighted by atomic mass is 10.2. The van der Waals surface area contributed by atoms with Gasteiger partial charge in [0, 0.05) is 11.9 Å². The molecule has 0 spiro atoms. The van der Waals surface area contributed by atoms with Crippen LogP contribution >= 0.6 is 34.5 Å². The van der Waals surface area contributed by atoms with E-state index in [1.165, 1.54) is 10.4 Å². The fourth-order valence-electron chi connectivity index (χ4n) is 1.58. The molecule has 2 heterocycles. The first-order valence-electron chi connectivity index (χ1n) is 5.31. The average Bonchev–Trinajstić information content (AvgIpc) is 2.86. The quantitative estimate of drug-likeness (QED) is 0.915. The van der Waals surface area contributed by atoms with E-state index in [1.54, 1.807) is 29.4 Å². The third-order valence-corrected chi connectivity index (χ3v) is 4.35. The zero-order valence-corrected chi connectivity index (χ0v) is 12.3. The number of rotatable bonds is 3. The van der Waals surface area contributed by atoms with Crippen molar-refractivity contribution in [2.45, 2.75) is 13.5 Å². The van der Waals surface area contributed by atoms with Crippen molar-refractivity contribution in [3.63, 3.8) is 0 Å². The van der Waals surface area contributed by atoms with Gasteiger partial charge in [0.15, 0.2) is 0 Å². The predicted molar refractivity (Wildman–Crippen MR) is 75.7 cm³/mol. The Hall–Kier alpha value is -0.970. The number of aryl methyl sites for hydroxylation is 1. The van der Waals surface area contributed by atoms with Gasteiger partial charge in [-0.2, -0.15) is 0 Å². The zero-order chi connectivity index (χ0) is 13.3. The molecule has 0 saturated heterocycles. The van der Waals surface area contributed by atoms with Gasteiger partial charge in [0.1, 0.15) is 10.8 Å². The maximum Gasteiger partial charge on any atom is 0.270 e. The van der Waals surface area contributed by atoms with E-state index in [4.69, 9.17) is 23.2 Å². The molecule has 1 N–H and O–H groups in total. The van der Waals surface area contributed by atoms with Gasteiger partial charge in [-0.25, -0.2) is 0 Å². The summed E-state index contributed by atoms with van der Waals surface area (Å²) in [4.78, 5) is 17.7. The molecule has 0 radical (unpaired) electrons. The monoisotopic (exact) mass is 302 g/mol.